The number of aromatic nitrogens is 2. The van der Waals surface area contributed by atoms with E-state index in [1.54, 1.807) is 17.0 Å². The van der Waals surface area contributed by atoms with E-state index in [0.717, 1.165) is 36.0 Å². The van der Waals surface area contributed by atoms with Crippen molar-refractivity contribution in [2.45, 2.75) is 23.7 Å². The fourth-order valence-electron chi connectivity index (χ4n) is 3.59. The molecule has 1 aliphatic rings. The average molecular weight is 383 g/mol. The summed E-state index contributed by atoms with van der Waals surface area (Å²) in [5, 5.41) is 0. The van der Waals surface area contributed by atoms with Gasteiger partial charge in [0, 0.05) is 30.8 Å². The summed E-state index contributed by atoms with van der Waals surface area (Å²) in [4.78, 5) is 22.9. The Labute approximate surface area is 158 Å². The normalized spacial score (nSPS) is 18.0. The summed E-state index contributed by atoms with van der Waals surface area (Å²) in [5.74, 6) is 0.910. The summed E-state index contributed by atoms with van der Waals surface area (Å²) in [7, 11) is -3.34. The van der Waals surface area contributed by atoms with Crippen LogP contribution in [-0.4, -0.2) is 48.5 Å². The van der Waals surface area contributed by atoms with E-state index in [4.69, 9.17) is 0 Å². The number of rotatable bonds is 3. The highest BCUT2D eigenvalue weighted by Gasteiger charge is 2.27. The number of likely N-dealkylation sites (tertiary alicyclic amines) is 1. The van der Waals surface area contributed by atoms with Crippen molar-refractivity contribution in [1.82, 2.24) is 14.9 Å². The van der Waals surface area contributed by atoms with Gasteiger partial charge in [0.25, 0.3) is 5.91 Å². The third-order valence-corrected chi connectivity index (χ3v) is 6.12. The minimum absolute atomic E-state index is 0.138. The summed E-state index contributed by atoms with van der Waals surface area (Å²) in [5.41, 5.74) is 2.33. The minimum Gasteiger partial charge on any atom is -0.342 e. The Hall–Kier alpha value is -2.67. The van der Waals surface area contributed by atoms with Crippen LogP contribution in [0.3, 0.4) is 0 Å². The lowest BCUT2D eigenvalue weighted by Gasteiger charge is -2.32. The molecule has 0 radical (unpaired) electrons. The molecule has 2 aromatic carbocycles. The first-order valence-corrected chi connectivity index (χ1v) is 10.8. The summed E-state index contributed by atoms with van der Waals surface area (Å²) in [6, 6.07) is 14.1. The molecule has 27 heavy (non-hydrogen) atoms. The first-order valence-electron chi connectivity index (χ1n) is 8.96. The first kappa shape index (κ1) is 17.7. The van der Waals surface area contributed by atoms with Gasteiger partial charge < -0.3 is 9.88 Å². The molecule has 0 unspecified atom stereocenters. The van der Waals surface area contributed by atoms with Gasteiger partial charge in [-0.25, -0.2) is 13.4 Å². The molecule has 3 aromatic rings. The zero-order chi connectivity index (χ0) is 19.0. The van der Waals surface area contributed by atoms with Crippen molar-refractivity contribution in [3.63, 3.8) is 0 Å². The maximum atomic E-state index is 12.9. The molecule has 1 aromatic heterocycles. The number of amides is 1. The molecule has 1 amide bonds. The quantitative estimate of drug-likeness (QED) is 0.754. The van der Waals surface area contributed by atoms with Gasteiger partial charge in [0.2, 0.25) is 0 Å². The molecular weight excluding hydrogens is 362 g/mol. The van der Waals surface area contributed by atoms with Gasteiger partial charge in [-0.3, -0.25) is 4.79 Å². The predicted molar refractivity (Wildman–Crippen MR) is 104 cm³/mol. The number of benzene rings is 2. The molecule has 1 atom stereocenters. The second kappa shape index (κ2) is 6.81. The zero-order valence-electron chi connectivity index (χ0n) is 15.1. The van der Waals surface area contributed by atoms with Crippen molar-refractivity contribution in [3.05, 3.63) is 59.9 Å². The van der Waals surface area contributed by atoms with Crippen LogP contribution in [-0.2, 0) is 9.84 Å². The lowest BCUT2D eigenvalue weighted by molar-refractivity contribution is 0.0704. The number of piperidine rings is 1. The van der Waals surface area contributed by atoms with E-state index >= 15 is 0 Å². The van der Waals surface area contributed by atoms with Crippen LogP contribution in [0.5, 0.6) is 0 Å². The summed E-state index contributed by atoms with van der Waals surface area (Å²) in [6.45, 7) is 1.24. The number of para-hydroxylation sites is 2. The molecule has 140 valence electrons. The van der Waals surface area contributed by atoms with Gasteiger partial charge in [0.15, 0.2) is 9.84 Å². The minimum atomic E-state index is -3.34. The first-order chi connectivity index (χ1) is 12.9. The third kappa shape index (κ3) is 3.60. The lowest BCUT2D eigenvalue weighted by atomic mass is 9.96. The second-order valence-electron chi connectivity index (χ2n) is 7.03. The van der Waals surface area contributed by atoms with Crippen LogP contribution in [0.4, 0.5) is 0 Å². The number of H-pyrrole nitrogens is 1. The highest BCUT2D eigenvalue weighted by Crippen LogP contribution is 2.28. The number of nitrogens with zero attached hydrogens (tertiary/aromatic N) is 2. The monoisotopic (exact) mass is 383 g/mol. The molecule has 1 N–H and O–H groups in total. The standard InChI is InChI=1S/C20H21N3O3S/c1-27(25,26)16-8-4-6-14(12-16)20(24)23-11-5-7-15(13-23)19-21-17-9-2-3-10-18(17)22-19/h2-4,6,8-10,12,15H,5,7,11,13H2,1H3,(H,21,22)/t15-/m1/s1. The lowest BCUT2D eigenvalue weighted by Crippen LogP contribution is -2.39. The Morgan fingerprint density at radius 3 is 2.78 bits per heavy atom. The van der Waals surface area contributed by atoms with Crippen molar-refractivity contribution < 1.29 is 13.2 Å². The van der Waals surface area contributed by atoms with Crippen LogP contribution in [0.25, 0.3) is 11.0 Å². The van der Waals surface area contributed by atoms with E-state index in [1.165, 1.54) is 12.1 Å². The molecule has 1 saturated heterocycles. The molecule has 0 spiro atoms. The number of nitrogens with one attached hydrogen (secondary N) is 1. The van der Waals surface area contributed by atoms with E-state index in [1.807, 2.05) is 24.3 Å². The number of carbonyl (C=O) groups is 1. The second-order valence-corrected chi connectivity index (χ2v) is 9.05. The van der Waals surface area contributed by atoms with Gasteiger partial charge in [-0.05, 0) is 43.2 Å². The van der Waals surface area contributed by atoms with E-state index in [2.05, 4.69) is 9.97 Å². The van der Waals surface area contributed by atoms with E-state index in [-0.39, 0.29) is 16.7 Å². The Balaban J connectivity index is 1.57. The SMILES string of the molecule is CS(=O)(=O)c1cccc(C(=O)N2CCC[C@@H](c3nc4ccccc4[nH]3)C2)c1. The van der Waals surface area contributed by atoms with Gasteiger partial charge >= 0.3 is 0 Å². The number of aromatic amines is 1. The molecular formula is C20H21N3O3S. The Morgan fingerprint density at radius 2 is 2.00 bits per heavy atom. The third-order valence-electron chi connectivity index (χ3n) is 5.01. The molecule has 0 bridgehead atoms. The largest absolute Gasteiger partial charge is 0.342 e. The summed E-state index contributed by atoms with van der Waals surface area (Å²) >= 11 is 0. The number of sulfone groups is 1. The maximum Gasteiger partial charge on any atom is 0.253 e. The Bertz CT molecular complexity index is 1070. The fourth-order valence-corrected chi connectivity index (χ4v) is 4.26. The number of hydrogen-bond donors (Lipinski definition) is 1. The number of hydrogen-bond acceptors (Lipinski definition) is 4. The van der Waals surface area contributed by atoms with E-state index < -0.39 is 9.84 Å². The topological polar surface area (TPSA) is 83.1 Å². The highest BCUT2D eigenvalue weighted by molar-refractivity contribution is 7.90. The van der Waals surface area contributed by atoms with Crippen molar-refractivity contribution in [2.24, 2.45) is 0 Å². The summed E-state index contributed by atoms with van der Waals surface area (Å²) < 4.78 is 23.5. The van der Waals surface area contributed by atoms with Crippen molar-refractivity contribution >= 4 is 26.8 Å². The smallest absolute Gasteiger partial charge is 0.253 e. The van der Waals surface area contributed by atoms with Crippen LogP contribution < -0.4 is 0 Å². The molecule has 1 aliphatic heterocycles. The molecule has 2 heterocycles. The fraction of sp³-hybridized carbons (Fsp3) is 0.300. The van der Waals surface area contributed by atoms with Crippen molar-refractivity contribution in [3.8, 4) is 0 Å². The van der Waals surface area contributed by atoms with E-state index in [9.17, 15) is 13.2 Å². The van der Waals surface area contributed by atoms with Crippen LogP contribution in [0.2, 0.25) is 0 Å². The van der Waals surface area contributed by atoms with Gasteiger partial charge in [-0.1, -0.05) is 18.2 Å². The van der Waals surface area contributed by atoms with Crippen LogP contribution in [0, 0.1) is 0 Å². The van der Waals surface area contributed by atoms with Gasteiger partial charge in [-0.2, -0.15) is 0 Å². The Morgan fingerprint density at radius 1 is 1.19 bits per heavy atom. The predicted octanol–water partition coefficient (Wildman–Crippen LogP) is 2.99. The Kier molecular flexibility index (Phi) is 4.47. The van der Waals surface area contributed by atoms with Crippen molar-refractivity contribution in [2.75, 3.05) is 19.3 Å². The number of imidazole rings is 1. The highest BCUT2D eigenvalue weighted by atomic mass is 32.2. The number of carbonyl (C=O) groups excluding carboxylic acids is 1. The van der Waals surface area contributed by atoms with Crippen molar-refractivity contribution in [1.29, 1.82) is 0 Å². The van der Waals surface area contributed by atoms with Crippen LogP contribution >= 0.6 is 0 Å². The van der Waals surface area contributed by atoms with Crippen LogP contribution in [0.1, 0.15) is 34.9 Å². The van der Waals surface area contributed by atoms with Crippen LogP contribution in [0.15, 0.2) is 53.4 Å². The molecule has 6 nitrogen and oxygen atoms in total. The molecule has 7 heteroatoms. The summed E-state index contributed by atoms with van der Waals surface area (Å²) in [6.07, 6.45) is 3.00. The zero-order valence-corrected chi connectivity index (χ0v) is 15.9. The van der Waals surface area contributed by atoms with Gasteiger partial charge in [-0.15, -0.1) is 0 Å². The van der Waals surface area contributed by atoms with Gasteiger partial charge in [0.1, 0.15) is 5.82 Å². The number of fused-ring (bicyclic) bond motifs is 1. The van der Waals surface area contributed by atoms with Gasteiger partial charge in [0.05, 0.1) is 15.9 Å². The molecule has 1 fully saturated rings. The average Bonchev–Trinajstić information content (AvgIpc) is 3.11. The molecule has 4 rings (SSSR count). The molecule has 0 saturated carbocycles. The maximum absolute atomic E-state index is 12.9. The molecule has 0 aliphatic carbocycles. The van der Waals surface area contributed by atoms with E-state index in [0.29, 0.717) is 18.7 Å².